The molecule has 0 spiro atoms. The normalized spacial score (nSPS) is 33.4. The Balaban J connectivity index is 1.28. The molecule has 4 aliphatic carbocycles. The average Bonchev–Trinajstić information content (AvgIpc) is 3.40. The molecule has 8 nitrogen and oxygen atoms in total. The molecule has 0 amide bonds. The molecule has 7 rings (SSSR count). The third-order valence-electron chi connectivity index (χ3n) is 7.77. The Morgan fingerprint density at radius 2 is 1.91 bits per heavy atom. The van der Waals surface area contributed by atoms with E-state index in [4.69, 9.17) is 15.5 Å². The average molecular weight is 464 g/mol. The summed E-state index contributed by atoms with van der Waals surface area (Å²) in [4.78, 5) is 11.4. The third-order valence-corrected chi connectivity index (χ3v) is 7.77. The van der Waals surface area contributed by atoms with Gasteiger partial charge in [0.2, 0.25) is 5.95 Å². The van der Waals surface area contributed by atoms with Crippen molar-refractivity contribution in [3.05, 3.63) is 23.7 Å². The van der Waals surface area contributed by atoms with Crippen LogP contribution >= 0.6 is 0 Å². The molecule has 178 valence electrons. The molecule has 0 radical (unpaired) electrons. The fourth-order valence-electron chi connectivity index (χ4n) is 5.93. The molecule has 2 bridgehead atoms. The van der Waals surface area contributed by atoms with Crippen LogP contribution in [0.15, 0.2) is 12.4 Å². The summed E-state index contributed by atoms with van der Waals surface area (Å²) < 4.78 is 48.5. The van der Waals surface area contributed by atoms with Gasteiger partial charge in [-0.2, -0.15) is 23.3 Å². The Morgan fingerprint density at radius 1 is 1.18 bits per heavy atom. The van der Waals surface area contributed by atoms with E-state index in [9.17, 15) is 13.2 Å². The lowest BCUT2D eigenvalue weighted by molar-refractivity contribution is -0.337. The van der Waals surface area contributed by atoms with Gasteiger partial charge in [0.05, 0.1) is 41.7 Å². The highest BCUT2D eigenvalue weighted by Crippen LogP contribution is 2.79. The van der Waals surface area contributed by atoms with Gasteiger partial charge in [0.15, 0.2) is 5.82 Å². The molecule has 0 aromatic carbocycles. The predicted octanol–water partition coefficient (Wildman–Crippen LogP) is 3.58. The summed E-state index contributed by atoms with van der Waals surface area (Å²) >= 11 is 0. The molecule has 5 fully saturated rings. The number of halogens is 3. The van der Waals surface area contributed by atoms with Gasteiger partial charge in [0.1, 0.15) is 6.10 Å². The monoisotopic (exact) mass is 463 g/mol. The molecule has 11 heteroatoms. The summed E-state index contributed by atoms with van der Waals surface area (Å²) in [5.41, 5.74) is 6.28. The standard InChI is InChI=1S/C22H28F3N7O/c1-12-6-31(8-15(33-12)13-5-28-32(7-13)14-3-4-14)19-29-17(16(27-2)18(26)30-19)20-9-21(10-20,11-20)22(23,24)25/h5,7,12,14-15,27H,3-4,6,8-11H2,1-2H3,(H2,26,29,30)/t12-,15-,20?,21?/m1/s1. The van der Waals surface area contributed by atoms with E-state index in [1.807, 2.05) is 28.9 Å². The zero-order valence-corrected chi connectivity index (χ0v) is 18.7. The maximum absolute atomic E-state index is 13.4. The minimum atomic E-state index is -4.17. The van der Waals surface area contributed by atoms with Crippen LogP contribution in [-0.4, -0.2) is 52.2 Å². The quantitative estimate of drug-likeness (QED) is 0.700. The molecule has 4 saturated carbocycles. The minimum Gasteiger partial charge on any atom is -0.384 e. The van der Waals surface area contributed by atoms with Crippen LogP contribution in [0.4, 0.5) is 30.6 Å². The lowest BCUT2D eigenvalue weighted by atomic mass is 9.34. The van der Waals surface area contributed by atoms with Crippen molar-refractivity contribution >= 4 is 17.5 Å². The number of hydrogen-bond acceptors (Lipinski definition) is 7. The van der Waals surface area contributed by atoms with E-state index < -0.39 is 17.0 Å². The van der Waals surface area contributed by atoms with E-state index in [0.29, 0.717) is 36.5 Å². The molecule has 2 aromatic heterocycles. The second kappa shape index (κ2) is 6.74. The van der Waals surface area contributed by atoms with Crippen LogP contribution in [0.1, 0.15) is 62.4 Å². The SMILES string of the molecule is CNc1c(N)nc(N2C[C@@H](C)O[C@@H](c3cnn(C4CC4)c3)C2)nc1C12CC(C(F)(F)F)(C1)C2. The van der Waals surface area contributed by atoms with E-state index in [2.05, 4.69) is 15.4 Å². The molecule has 2 aromatic rings. The van der Waals surface area contributed by atoms with Gasteiger partial charge in [-0.1, -0.05) is 0 Å². The Morgan fingerprint density at radius 3 is 2.55 bits per heavy atom. The number of nitrogens with one attached hydrogen (secondary N) is 1. The predicted molar refractivity (Wildman–Crippen MR) is 116 cm³/mol. The van der Waals surface area contributed by atoms with Gasteiger partial charge < -0.3 is 20.7 Å². The number of rotatable bonds is 5. The van der Waals surface area contributed by atoms with Gasteiger partial charge in [0, 0.05) is 30.8 Å². The third kappa shape index (κ3) is 3.11. The topological polar surface area (TPSA) is 94.1 Å². The first-order valence-electron chi connectivity index (χ1n) is 11.5. The zero-order valence-electron chi connectivity index (χ0n) is 18.7. The second-order valence-corrected chi connectivity index (χ2v) is 10.3. The molecule has 33 heavy (non-hydrogen) atoms. The van der Waals surface area contributed by atoms with Gasteiger partial charge in [-0.05, 0) is 39.0 Å². The number of nitrogens with zero attached hydrogens (tertiary/aromatic N) is 5. The Hall–Kier alpha value is -2.56. The highest BCUT2D eigenvalue weighted by molar-refractivity contribution is 5.69. The minimum absolute atomic E-state index is 0.0660. The van der Waals surface area contributed by atoms with E-state index >= 15 is 0 Å². The summed E-state index contributed by atoms with van der Waals surface area (Å²) in [6.07, 6.45) is 1.96. The van der Waals surface area contributed by atoms with E-state index in [1.165, 1.54) is 0 Å². The van der Waals surface area contributed by atoms with Crippen molar-refractivity contribution in [1.82, 2.24) is 19.7 Å². The van der Waals surface area contributed by atoms with E-state index in [-0.39, 0.29) is 37.3 Å². The van der Waals surface area contributed by atoms with Crippen LogP contribution in [0.5, 0.6) is 0 Å². The van der Waals surface area contributed by atoms with Crippen molar-refractivity contribution in [1.29, 1.82) is 0 Å². The van der Waals surface area contributed by atoms with Crippen LogP contribution in [0.2, 0.25) is 0 Å². The van der Waals surface area contributed by atoms with Crippen molar-refractivity contribution in [2.24, 2.45) is 5.41 Å². The second-order valence-electron chi connectivity index (χ2n) is 10.3. The van der Waals surface area contributed by atoms with Crippen molar-refractivity contribution in [3.63, 3.8) is 0 Å². The summed E-state index contributed by atoms with van der Waals surface area (Å²) in [6.45, 7) is 3.09. The largest absolute Gasteiger partial charge is 0.394 e. The summed E-state index contributed by atoms with van der Waals surface area (Å²) in [5, 5.41) is 7.50. The fraction of sp³-hybridized carbons (Fsp3) is 0.682. The number of ether oxygens (including phenoxy) is 1. The fourth-order valence-corrected chi connectivity index (χ4v) is 5.93. The highest BCUT2D eigenvalue weighted by atomic mass is 19.4. The maximum Gasteiger partial charge on any atom is 0.394 e. The molecular weight excluding hydrogens is 435 g/mol. The molecule has 1 saturated heterocycles. The number of anilines is 3. The smallest absolute Gasteiger partial charge is 0.384 e. The summed E-state index contributed by atoms with van der Waals surface area (Å²) in [6, 6.07) is 0.490. The molecule has 5 aliphatic rings. The van der Waals surface area contributed by atoms with Gasteiger partial charge in [-0.3, -0.25) is 4.68 Å². The van der Waals surface area contributed by atoms with Crippen LogP contribution in [-0.2, 0) is 10.2 Å². The highest BCUT2D eigenvalue weighted by Gasteiger charge is 2.79. The maximum atomic E-state index is 13.4. The number of morpholine rings is 1. The van der Waals surface area contributed by atoms with Gasteiger partial charge in [-0.25, -0.2) is 4.98 Å². The Kier molecular flexibility index (Phi) is 4.29. The molecule has 3 heterocycles. The number of nitrogen functional groups attached to an aromatic ring is 1. The number of alkyl halides is 3. The molecule has 2 atom stereocenters. The lowest BCUT2D eigenvalue weighted by Crippen LogP contribution is -2.70. The van der Waals surface area contributed by atoms with Crippen LogP contribution in [0.3, 0.4) is 0 Å². The lowest BCUT2D eigenvalue weighted by Gasteiger charge is -2.70. The van der Waals surface area contributed by atoms with Crippen molar-refractivity contribution in [2.45, 2.75) is 68.9 Å². The van der Waals surface area contributed by atoms with Gasteiger partial charge in [0.25, 0.3) is 0 Å². The van der Waals surface area contributed by atoms with Crippen molar-refractivity contribution in [3.8, 4) is 0 Å². The summed E-state index contributed by atoms with van der Waals surface area (Å²) in [5.74, 6) is 0.711. The van der Waals surface area contributed by atoms with Gasteiger partial charge >= 0.3 is 6.18 Å². The number of nitrogens with two attached hydrogens (primary N) is 1. The molecule has 1 aliphatic heterocycles. The molecule has 3 N–H and O–H groups in total. The number of aromatic nitrogens is 4. The first kappa shape index (κ1) is 21.0. The zero-order chi connectivity index (χ0) is 23.2. The summed E-state index contributed by atoms with van der Waals surface area (Å²) in [7, 11) is 1.70. The van der Waals surface area contributed by atoms with Crippen LogP contribution in [0, 0.1) is 5.41 Å². The molecule has 0 unspecified atom stereocenters. The van der Waals surface area contributed by atoms with Crippen molar-refractivity contribution in [2.75, 3.05) is 36.1 Å². The Bertz CT molecular complexity index is 1080. The van der Waals surface area contributed by atoms with E-state index in [1.54, 1.807) is 7.05 Å². The molecular formula is C22H28F3N7O. The number of hydrogen-bond donors (Lipinski definition) is 2. The van der Waals surface area contributed by atoms with Gasteiger partial charge in [-0.15, -0.1) is 0 Å². The first-order chi connectivity index (χ1) is 15.6. The Labute approximate surface area is 189 Å². The first-order valence-corrected chi connectivity index (χ1v) is 11.5. The van der Waals surface area contributed by atoms with Crippen LogP contribution < -0.4 is 16.0 Å². The van der Waals surface area contributed by atoms with E-state index in [0.717, 1.165) is 18.4 Å². The van der Waals surface area contributed by atoms with Crippen molar-refractivity contribution < 1.29 is 17.9 Å². The van der Waals surface area contributed by atoms with Crippen LogP contribution in [0.25, 0.3) is 0 Å².